The van der Waals surface area contributed by atoms with Crippen LogP contribution in [0.15, 0.2) is 29.3 Å². The number of benzene rings is 1. The van der Waals surface area contributed by atoms with Crippen molar-refractivity contribution in [2.45, 2.75) is 13.3 Å². The Balaban J connectivity index is 2.16. The Morgan fingerprint density at radius 2 is 2.12 bits per heavy atom. The summed E-state index contributed by atoms with van der Waals surface area (Å²) in [5, 5.41) is 4.05. The number of nitrogens with zero attached hydrogens (tertiary/aromatic N) is 3. The van der Waals surface area contributed by atoms with E-state index in [0.717, 1.165) is 29.2 Å². The minimum atomic E-state index is 0.865. The number of hydrogen-bond donors (Lipinski definition) is 0. The van der Waals surface area contributed by atoms with Crippen LogP contribution in [-0.2, 0) is 6.42 Å². The average Bonchev–Trinajstić information content (AvgIpc) is 2.75. The van der Waals surface area contributed by atoms with Crippen molar-refractivity contribution in [1.29, 1.82) is 0 Å². The fourth-order valence-electron chi connectivity index (χ4n) is 1.99. The third-order valence-electron chi connectivity index (χ3n) is 2.79. The molecule has 1 aromatic heterocycles. The van der Waals surface area contributed by atoms with Gasteiger partial charge in [0, 0.05) is 12.1 Å². The first-order valence-electron chi connectivity index (χ1n) is 5.28. The lowest BCUT2D eigenvalue weighted by molar-refractivity contribution is 0.944. The summed E-state index contributed by atoms with van der Waals surface area (Å²) in [6, 6.07) is 8.45. The van der Waals surface area contributed by atoms with Gasteiger partial charge in [-0.2, -0.15) is 0 Å². The highest BCUT2D eigenvalue weighted by molar-refractivity contribution is 7.08. The van der Waals surface area contributed by atoms with Crippen LogP contribution in [0.1, 0.15) is 21.7 Å². The van der Waals surface area contributed by atoms with Crippen molar-refractivity contribution >= 4 is 17.2 Å². The lowest BCUT2D eigenvalue weighted by atomic mass is 9.96. The van der Waals surface area contributed by atoms with Crippen LogP contribution in [0.25, 0.3) is 0 Å². The summed E-state index contributed by atoms with van der Waals surface area (Å²) in [7, 11) is 0. The summed E-state index contributed by atoms with van der Waals surface area (Å²) in [6.07, 6.45) is 1.03. The van der Waals surface area contributed by atoms with Crippen LogP contribution in [0.3, 0.4) is 0 Å². The molecule has 0 unspecified atom stereocenters. The molecule has 2 heterocycles. The molecule has 0 saturated carbocycles. The van der Waals surface area contributed by atoms with Gasteiger partial charge in [0.25, 0.3) is 0 Å². The van der Waals surface area contributed by atoms with E-state index in [2.05, 4.69) is 38.8 Å². The van der Waals surface area contributed by atoms with Gasteiger partial charge in [-0.3, -0.25) is 4.99 Å². The number of aryl methyl sites for hydroxylation is 1. The molecule has 1 aliphatic heterocycles. The monoisotopic (exact) mass is 229 g/mol. The van der Waals surface area contributed by atoms with Crippen LogP contribution in [0.5, 0.6) is 0 Å². The second-order valence-electron chi connectivity index (χ2n) is 3.82. The van der Waals surface area contributed by atoms with Crippen molar-refractivity contribution in [3.05, 3.63) is 46.0 Å². The maximum absolute atomic E-state index is 4.62. The molecular weight excluding hydrogens is 218 g/mol. The number of aliphatic imine (C=N–C) groups is 1. The fourth-order valence-corrected chi connectivity index (χ4v) is 2.66. The minimum absolute atomic E-state index is 0.865. The third kappa shape index (κ3) is 1.46. The summed E-state index contributed by atoms with van der Waals surface area (Å²) in [4.78, 5) is 5.72. The predicted octanol–water partition coefficient (Wildman–Crippen LogP) is 2.24. The van der Waals surface area contributed by atoms with Gasteiger partial charge >= 0.3 is 0 Å². The summed E-state index contributed by atoms with van der Waals surface area (Å²) < 4.78 is 3.98. The molecule has 0 saturated heterocycles. The van der Waals surface area contributed by atoms with Crippen molar-refractivity contribution in [1.82, 2.24) is 9.59 Å². The van der Waals surface area contributed by atoms with E-state index in [0.29, 0.717) is 0 Å². The van der Waals surface area contributed by atoms with Crippen molar-refractivity contribution in [2.75, 3.05) is 6.54 Å². The highest BCUT2D eigenvalue weighted by Crippen LogP contribution is 2.23. The van der Waals surface area contributed by atoms with Crippen molar-refractivity contribution in [3.63, 3.8) is 0 Å². The molecule has 4 heteroatoms. The van der Waals surface area contributed by atoms with Gasteiger partial charge in [-0.05, 0) is 30.4 Å². The zero-order valence-corrected chi connectivity index (χ0v) is 9.79. The fraction of sp³-hybridized carbons (Fsp3) is 0.250. The topological polar surface area (TPSA) is 38.1 Å². The SMILES string of the molecule is Cc1nnsc1C1=NCCc2ccccc21. The summed E-state index contributed by atoms with van der Waals surface area (Å²) in [6.45, 7) is 2.85. The van der Waals surface area contributed by atoms with Gasteiger partial charge in [-0.1, -0.05) is 28.8 Å². The van der Waals surface area contributed by atoms with E-state index in [-0.39, 0.29) is 0 Å². The predicted molar refractivity (Wildman–Crippen MR) is 65.3 cm³/mol. The van der Waals surface area contributed by atoms with Crippen LogP contribution in [0.4, 0.5) is 0 Å². The van der Waals surface area contributed by atoms with Gasteiger partial charge in [0.1, 0.15) is 0 Å². The van der Waals surface area contributed by atoms with Crippen LogP contribution >= 0.6 is 11.5 Å². The van der Waals surface area contributed by atoms with Crippen LogP contribution in [-0.4, -0.2) is 21.8 Å². The summed E-state index contributed by atoms with van der Waals surface area (Å²) in [5.74, 6) is 0. The molecule has 1 aliphatic rings. The Morgan fingerprint density at radius 3 is 2.94 bits per heavy atom. The first-order chi connectivity index (χ1) is 7.86. The molecule has 0 N–H and O–H groups in total. The molecule has 0 bridgehead atoms. The van der Waals surface area contributed by atoms with E-state index in [4.69, 9.17) is 0 Å². The molecule has 0 aliphatic carbocycles. The van der Waals surface area contributed by atoms with E-state index >= 15 is 0 Å². The Kier molecular flexibility index (Phi) is 2.29. The second kappa shape index (κ2) is 3.79. The van der Waals surface area contributed by atoms with Crippen LogP contribution in [0.2, 0.25) is 0 Å². The number of hydrogen-bond acceptors (Lipinski definition) is 4. The molecule has 3 nitrogen and oxygen atoms in total. The smallest absolute Gasteiger partial charge is 0.0968 e. The molecule has 1 aromatic carbocycles. The molecule has 2 aromatic rings. The molecule has 3 rings (SSSR count). The maximum atomic E-state index is 4.62. The standard InChI is InChI=1S/C12H11N3S/c1-8-12(16-15-14-8)11-10-5-3-2-4-9(10)6-7-13-11/h2-5H,6-7H2,1H3. The quantitative estimate of drug-likeness (QED) is 0.752. The first-order valence-corrected chi connectivity index (χ1v) is 6.05. The van der Waals surface area contributed by atoms with Gasteiger partial charge in [0.15, 0.2) is 0 Å². The highest BCUT2D eigenvalue weighted by atomic mass is 32.1. The van der Waals surface area contributed by atoms with Crippen LogP contribution < -0.4 is 0 Å². The van der Waals surface area contributed by atoms with Gasteiger partial charge in [-0.15, -0.1) is 5.10 Å². The number of fused-ring (bicyclic) bond motifs is 1. The number of rotatable bonds is 1. The Bertz CT molecular complexity index is 557. The van der Waals surface area contributed by atoms with E-state index < -0.39 is 0 Å². The molecule has 0 atom stereocenters. The lowest BCUT2D eigenvalue weighted by Crippen LogP contribution is -2.13. The molecule has 0 amide bonds. The summed E-state index contributed by atoms with van der Waals surface area (Å²) >= 11 is 1.43. The second-order valence-corrected chi connectivity index (χ2v) is 4.58. The van der Waals surface area contributed by atoms with Gasteiger partial charge in [-0.25, -0.2) is 0 Å². The zero-order valence-electron chi connectivity index (χ0n) is 8.97. The van der Waals surface area contributed by atoms with Gasteiger partial charge in [0.2, 0.25) is 0 Å². The van der Waals surface area contributed by atoms with E-state index in [1.807, 2.05) is 6.92 Å². The Morgan fingerprint density at radius 1 is 1.25 bits per heavy atom. The molecule has 0 fully saturated rings. The molecule has 80 valence electrons. The van der Waals surface area contributed by atoms with Crippen molar-refractivity contribution in [3.8, 4) is 0 Å². The largest absolute Gasteiger partial charge is 0.283 e. The molecule has 0 spiro atoms. The maximum Gasteiger partial charge on any atom is 0.0968 e. The third-order valence-corrected chi connectivity index (χ3v) is 3.62. The van der Waals surface area contributed by atoms with Gasteiger partial charge in [0.05, 0.1) is 16.3 Å². The van der Waals surface area contributed by atoms with Crippen LogP contribution in [0, 0.1) is 6.92 Å². The molecule has 0 radical (unpaired) electrons. The van der Waals surface area contributed by atoms with E-state index in [1.165, 1.54) is 22.7 Å². The highest BCUT2D eigenvalue weighted by Gasteiger charge is 2.18. The Labute approximate surface area is 98.0 Å². The first kappa shape index (κ1) is 9.66. The normalized spacial score (nSPS) is 14.4. The lowest BCUT2D eigenvalue weighted by Gasteiger charge is -2.15. The van der Waals surface area contributed by atoms with Crippen molar-refractivity contribution in [2.24, 2.45) is 4.99 Å². The summed E-state index contributed by atoms with van der Waals surface area (Å²) in [5.41, 5.74) is 4.65. The minimum Gasteiger partial charge on any atom is -0.283 e. The van der Waals surface area contributed by atoms with E-state index in [1.54, 1.807) is 0 Å². The number of aromatic nitrogens is 2. The van der Waals surface area contributed by atoms with Gasteiger partial charge < -0.3 is 0 Å². The average molecular weight is 229 g/mol. The van der Waals surface area contributed by atoms with E-state index in [9.17, 15) is 0 Å². The molecular formula is C12H11N3S. The van der Waals surface area contributed by atoms with Crippen molar-refractivity contribution < 1.29 is 0 Å². The molecule has 16 heavy (non-hydrogen) atoms. The Hall–Kier alpha value is -1.55. The zero-order chi connectivity index (χ0) is 11.0.